The molecule has 0 aliphatic heterocycles. The topological polar surface area (TPSA) is 57.5 Å². The van der Waals surface area contributed by atoms with E-state index in [0.717, 1.165) is 44.1 Å². The molecular weight excluding hydrogens is 288 g/mol. The molecule has 0 unspecified atom stereocenters. The molecule has 2 saturated carbocycles. The molecule has 23 heavy (non-hydrogen) atoms. The lowest BCUT2D eigenvalue weighted by Crippen LogP contribution is -2.57. The first-order chi connectivity index (χ1) is 10.6. The molecule has 0 aromatic rings. The summed E-state index contributed by atoms with van der Waals surface area (Å²) in [5.41, 5.74) is 1.66. The van der Waals surface area contributed by atoms with E-state index in [0.29, 0.717) is 17.8 Å². The summed E-state index contributed by atoms with van der Waals surface area (Å²) in [6.07, 6.45) is 7.21. The van der Waals surface area contributed by atoms with Gasteiger partial charge in [-0.15, -0.1) is 0 Å². The number of carboxylic acid groups (broad SMARTS) is 1. The van der Waals surface area contributed by atoms with Gasteiger partial charge in [0.15, 0.2) is 0 Å². The molecule has 130 valence electrons. The molecule has 0 saturated heterocycles. The third-order valence-corrected chi connectivity index (χ3v) is 6.86. The van der Waals surface area contributed by atoms with Gasteiger partial charge in [-0.25, -0.2) is 4.79 Å². The van der Waals surface area contributed by atoms with Crippen LogP contribution in [0, 0.1) is 23.2 Å². The van der Waals surface area contributed by atoms with E-state index in [-0.39, 0.29) is 5.41 Å². The van der Waals surface area contributed by atoms with E-state index in [4.69, 9.17) is 5.11 Å². The van der Waals surface area contributed by atoms with Crippen molar-refractivity contribution in [2.24, 2.45) is 23.2 Å². The monoisotopic (exact) mass is 320 g/mol. The summed E-state index contributed by atoms with van der Waals surface area (Å²) < 4.78 is 0. The number of aliphatic hydroxyl groups is 1. The number of carbonyl (C=O) groups is 1. The quantitative estimate of drug-likeness (QED) is 0.589. The van der Waals surface area contributed by atoms with Crippen LogP contribution in [0.25, 0.3) is 0 Å². The minimum absolute atomic E-state index is 0.0782. The number of allylic oxidation sites excluding steroid dienone is 2. The Balaban J connectivity index is 2.21. The van der Waals surface area contributed by atoms with Gasteiger partial charge >= 0.3 is 5.97 Å². The molecule has 0 bridgehead atoms. The van der Waals surface area contributed by atoms with Gasteiger partial charge in [0, 0.05) is 6.08 Å². The van der Waals surface area contributed by atoms with Gasteiger partial charge in [0.05, 0.1) is 5.60 Å². The lowest BCUT2D eigenvalue weighted by molar-refractivity contribution is -0.155. The molecule has 0 amide bonds. The molecular formula is C20H32O3. The third-order valence-electron chi connectivity index (χ3n) is 6.86. The predicted octanol–water partition coefficient (Wildman–Crippen LogP) is 4.57. The van der Waals surface area contributed by atoms with Gasteiger partial charge in [-0.1, -0.05) is 31.6 Å². The summed E-state index contributed by atoms with van der Waals surface area (Å²) in [4.78, 5) is 10.8. The summed E-state index contributed by atoms with van der Waals surface area (Å²) in [7, 11) is 0. The van der Waals surface area contributed by atoms with Crippen LogP contribution in [-0.4, -0.2) is 21.8 Å². The number of carboxylic acids is 1. The van der Waals surface area contributed by atoms with Gasteiger partial charge in [0.25, 0.3) is 0 Å². The molecule has 2 aliphatic carbocycles. The molecule has 3 nitrogen and oxygen atoms in total. The van der Waals surface area contributed by atoms with Crippen molar-refractivity contribution in [1.29, 1.82) is 0 Å². The number of aliphatic carboxylic acids is 1. The van der Waals surface area contributed by atoms with Crippen LogP contribution in [-0.2, 0) is 4.79 Å². The number of fused-ring (bicyclic) bond motifs is 1. The van der Waals surface area contributed by atoms with Crippen LogP contribution in [0.5, 0.6) is 0 Å². The summed E-state index contributed by atoms with van der Waals surface area (Å²) in [6.45, 7) is 12.7. The Hall–Kier alpha value is -1.09. The highest BCUT2D eigenvalue weighted by Crippen LogP contribution is 2.60. The molecule has 2 rings (SSSR count). The molecule has 5 atom stereocenters. The minimum atomic E-state index is -0.872. The second-order valence-corrected chi connectivity index (χ2v) is 8.34. The average Bonchev–Trinajstić information content (AvgIpc) is 2.42. The first-order valence-electron chi connectivity index (χ1n) is 8.89. The number of hydrogen-bond donors (Lipinski definition) is 2. The Kier molecular flexibility index (Phi) is 5.10. The highest BCUT2D eigenvalue weighted by molar-refractivity contribution is 5.80. The van der Waals surface area contributed by atoms with Gasteiger partial charge in [-0.3, -0.25) is 0 Å². The zero-order valence-corrected chi connectivity index (χ0v) is 15.1. The Morgan fingerprint density at radius 2 is 2.04 bits per heavy atom. The van der Waals surface area contributed by atoms with Crippen LogP contribution in [0.15, 0.2) is 23.8 Å². The smallest absolute Gasteiger partial charge is 0.328 e. The fourth-order valence-electron chi connectivity index (χ4n) is 5.20. The van der Waals surface area contributed by atoms with Crippen LogP contribution in [0.1, 0.15) is 66.2 Å². The molecule has 2 fully saturated rings. The van der Waals surface area contributed by atoms with Crippen LogP contribution in [0.2, 0.25) is 0 Å². The summed E-state index contributed by atoms with van der Waals surface area (Å²) in [5, 5.41) is 20.0. The fourth-order valence-corrected chi connectivity index (χ4v) is 5.20. The normalized spacial score (nSPS) is 41.5. The molecule has 3 heteroatoms. The van der Waals surface area contributed by atoms with Crippen molar-refractivity contribution in [2.45, 2.75) is 71.8 Å². The van der Waals surface area contributed by atoms with Crippen molar-refractivity contribution in [1.82, 2.24) is 0 Å². The Labute approximate surface area is 140 Å². The largest absolute Gasteiger partial charge is 0.478 e. The van der Waals surface area contributed by atoms with Crippen LogP contribution in [0.4, 0.5) is 0 Å². The number of hydrogen-bond acceptors (Lipinski definition) is 2. The molecule has 2 N–H and O–H groups in total. The van der Waals surface area contributed by atoms with Crippen LogP contribution in [0.3, 0.4) is 0 Å². The van der Waals surface area contributed by atoms with E-state index in [1.165, 1.54) is 11.6 Å². The molecule has 2 aliphatic rings. The molecule has 0 spiro atoms. The maximum atomic E-state index is 11.1. The summed E-state index contributed by atoms with van der Waals surface area (Å²) in [5.74, 6) is 0.139. The molecule has 0 heterocycles. The second kappa shape index (κ2) is 6.43. The average molecular weight is 320 g/mol. The van der Waals surface area contributed by atoms with E-state index < -0.39 is 11.6 Å². The lowest BCUT2D eigenvalue weighted by atomic mass is 9.48. The van der Waals surface area contributed by atoms with Gasteiger partial charge < -0.3 is 10.2 Å². The van der Waals surface area contributed by atoms with Crippen molar-refractivity contribution in [2.75, 3.05) is 0 Å². The van der Waals surface area contributed by atoms with Crippen molar-refractivity contribution in [3.8, 4) is 0 Å². The van der Waals surface area contributed by atoms with E-state index in [1.54, 1.807) is 0 Å². The Bertz CT molecular complexity index is 517. The first-order valence-corrected chi connectivity index (χ1v) is 8.89. The van der Waals surface area contributed by atoms with Gasteiger partial charge in [0.1, 0.15) is 0 Å². The fraction of sp³-hybridized carbons (Fsp3) is 0.750. The van der Waals surface area contributed by atoms with E-state index in [1.807, 2.05) is 13.8 Å². The molecule has 0 aromatic heterocycles. The lowest BCUT2D eigenvalue weighted by Gasteiger charge is -2.59. The van der Waals surface area contributed by atoms with Crippen LogP contribution < -0.4 is 0 Å². The SMILES string of the molecule is C=C1CC[C@H]2[C@](C)(O)[C@H](C)CC[C@]2(C)[C@H]1CC/C(C)=C/C(=O)O. The van der Waals surface area contributed by atoms with E-state index >= 15 is 0 Å². The maximum absolute atomic E-state index is 11.1. The zero-order chi connectivity index (χ0) is 17.4. The van der Waals surface area contributed by atoms with Gasteiger partial charge in [-0.2, -0.15) is 0 Å². The minimum Gasteiger partial charge on any atom is -0.478 e. The van der Waals surface area contributed by atoms with Gasteiger partial charge in [0.2, 0.25) is 0 Å². The highest BCUT2D eigenvalue weighted by Gasteiger charge is 2.56. The third kappa shape index (κ3) is 3.40. The second-order valence-electron chi connectivity index (χ2n) is 8.34. The molecule has 0 radical (unpaired) electrons. The van der Waals surface area contributed by atoms with Crippen molar-refractivity contribution in [3.05, 3.63) is 23.8 Å². The Morgan fingerprint density at radius 3 is 2.65 bits per heavy atom. The number of rotatable bonds is 4. The maximum Gasteiger partial charge on any atom is 0.328 e. The molecule has 0 aromatic carbocycles. The highest BCUT2D eigenvalue weighted by atomic mass is 16.4. The summed E-state index contributed by atoms with van der Waals surface area (Å²) >= 11 is 0. The Morgan fingerprint density at radius 1 is 1.39 bits per heavy atom. The van der Waals surface area contributed by atoms with E-state index in [9.17, 15) is 9.90 Å². The predicted molar refractivity (Wildman–Crippen MR) is 93.1 cm³/mol. The van der Waals surface area contributed by atoms with Crippen LogP contribution >= 0.6 is 0 Å². The van der Waals surface area contributed by atoms with Crippen molar-refractivity contribution < 1.29 is 15.0 Å². The summed E-state index contributed by atoms with van der Waals surface area (Å²) in [6, 6.07) is 0. The zero-order valence-electron chi connectivity index (χ0n) is 15.1. The van der Waals surface area contributed by atoms with Crippen molar-refractivity contribution >= 4 is 5.97 Å². The van der Waals surface area contributed by atoms with Gasteiger partial charge in [-0.05, 0) is 75.5 Å². The van der Waals surface area contributed by atoms with E-state index in [2.05, 4.69) is 20.4 Å². The first kappa shape index (κ1) is 18.3. The van der Waals surface area contributed by atoms with Crippen molar-refractivity contribution in [3.63, 3.8) is 0 Å². The standard InChI is InChI=1S/C20H32O3/c1-13(12-18(21)22)6-8-16-14(2)7-9-17-19(16,4)11-10-15(3)20(17,5)23/h12,15-17,23H,2,6-11H2,1,3-5H3,(H,21,22)/b13-12+/t15-,16+,17-,19-,20-/m1/s1.